The third-order valence-corrected chi connectivity index (χ3v) is 2.54. The minimum Gasteiger partial charge on any atom is -0.397 e. The molecule has 1 amide bonds. The molecule has 0 fully saturated rings. The monoisotopic (exact) mass is 237 g/mol. The summed E-state index contributed by atoms with van der Waals surface area (Å²) in [5.41, 5.74) is 6.24. The zero-order valence-electron chi connectivity index (χ0n) is 10.2. The summed E-state index contributed by atoms with van der Waals surface area (Å²) in [5.74, 6) is -0.226. The Bertz CT molecular complexity index is 374. The predicted octanol–water partition coefficient (Wildman–Crippen LogP) is 0.802. The number of nitrogen functional groups attached to an aromatic ring is 1. The first kappa shape index (κ1) is 13.4. The molecule has 5 heteroatoms. The molecule has 0 aliphatic heterocycles. The Morgan fingerprint density at radius 2 is 2.24 bits per heavy atom. The fraction of sp³-hybridized carbons (Fsp3) is 0.500. The number of hydrogen-bond acceptors (Lipinski definition) is 4. The summed E-state index contributed by atoms with van der Waals surface area (Å²) < 4.78 is 0. The van der Waals surface area contributed by atoms with Crippen LogP contribution in [0.4, 0.5) is 5.69 Å². The molecule has 0 spiro atoms. The maximum atomic E-state index is 11.7. The van der Waals surface area contributed by atoms with E-state index >= 15 is 0 Å². The van der Waals surface area contributed by atoms with Gasteiger partial charge in [0.15, 0.2) is 0 Å². The van der Waals surface area contributed by atoms with E-state index in [0.29, 0.717) is 24.3 Å². The topological polar surface area (TPSA) is 88.2 Å². The van der Waals surface area contributed by atoms with E-state index in [1.165, 1.54) is 6.20 Å². The number of pyridine rings is 1. The van der Waals surface area contributed by atoms with Gasteiger partial charge in [0.25, 0.3) is 5.91 Å². The van der Waals surface area contributed by atoms with Gasteiger partial charge in [-0.3, -0.25) is 4.79 Å². The summed E-state index contributed by atoms with van der Waals surface area (Å²) in [6.07, 6.45) is 2.09. The SMILES string of the molecule is CC(C)(CCO)CNC(=O)c1ccc(N)cn1. The average molecular weight is 237 g/mol. The van der Waals surface area contributed by atoms with E-state index in [2.05, 4.69) is 10.3 Å². The van der Waals surface area contributed by atoms with Gasteiger partial charge in [0.1, 0.15) is 5.69 Å². The van der Waals surface area contributed by atoms with Gasteiger partial charge in [-0.25, -0.2) is 4.98 Å². The number of carbonyl (C=O) groups excluding carboxylic acids is 1. The summed E-state index contributed by atoms with van der Waals surface area (Å²) in [6.45, 7) is 4.58. The molecule has 0 aromatic carbocycles. The first-order valence-electron chi connectivity index (χ1n) is 5.55. The molecule has 1 heterocycles. The van der Waals surface area contributed by atoms with Gasteiger partial charge in [-0.2, -0.15) is 0 Å². The van der Waals surface area contributed by atoms with Crippen LogP contribution in [-0.2, 0) is 0 Å². The van der Waals surface area contributed by atoms with Gasteiger partial charge in [-0.15, -0.1) is 0 Å². The van der Waals surface area contributed by atoms with Crippen LogP contribution < -0.4 is 11.1 Å². The molecule has 17 heavy (non-hydrogen) atoms. The van der Waals surface area contributed by atoms with Crippen LogP contribution in [0.1, 0.15) is 30.8 Å². The zero-order chi connectivity index (χ0) is 12.9. The van der Waals surface area contributed by atoms with E-state index in [4.69, 9.17) is 10.8 Å². The predicted molar refractivity (Wildman–Crippen MR) is 66.5 cm³/mol. The van der Waals surface area contributed by atoms with Crippen LogP contribution in [0.3, 0.4) is 0 Å². The van der Waals surface area contributed by atoms with Crippen molar-refractivity contribution in [2.75, 3.05) is 18.9 Å². The number of anilines is 1. The molecule has 0 aliphatic rings. The first-order chi connectivity index (χ1) is 7.94. The highest BCUT2D eigenvalue weighted by atomic mass is 16.3. The van der Waals surface area contributed by atoms with Crippen molar-refractivity contribution in [1.82, 2.24) is 10.3 Å². The third-order valence-electron chi connectivity index (χ3n) is 2.54. The molecule has 0 atom stereocenters. The molecular weight excluding hydrogens is 218 g/mol. The molecule has 0 radical (unpaired) electrons. The first-order valence-corrected chi connectivity index (χ1v) is 5.55. The van der Waals surface area contributed by atoms with Crippen molar-refractivity contribution in [1.29, 1.82) is 0 Å². The molecule has 94 valence electrons. The van der Waals surface area contributed by atoms with Crippen molar-refractivity contribution < 1.29 is 9.90 Å². The minimum absolute atomic E-state index is 0.114. The maximum Gasteiger partial charge on any atom is 0.269 e. The number of carbonyl (C=O) groups is 1. The van der Waals surface area contributed by atoms with E-state index < -0.39 is 0 Å². The van der Waals surface area contributed by atoms with Crippen molar-refractivity contribution in [2.45, 2.75) is 20.3 Å². The van der Waals surface area contributed by atoms with Gasteiger partial charge in [0.05, 0.1) is 11.9 Å². The Morgan fingerprint density at radius 3 is 2.76 bits per heavy atom. The van der Waals surface area contributed by atoms with Crippen molar-refractivity contribution in [3.05, 3.63) is 24.0 Å². The Hall–Kier alpha value is -1.62. The number of rotatable bonds is 5. The van der Waals surface area contributed by atoms with Crippen LogP contribution in [0.25, 0.3) is 0 Å². The Kier molecular flexibility index (Phi) is 4.45. The van der Waals surface area contributed by atoms with Crippen LogP contribution in [0.2, 0.25) is 0 Å². The molecule has 0 saturated heterocycles. The van der Waals surface area contributed by atoms with Gasteiger partial charge in [-0.1, -0.05) is 13.8 Å². The fourth-order valence-electron chi connectivity index (χ4n) is 1.34. The number of aromatic nitrogens is 1. The van der Waals surface area contributed by atoms with E-state index in [9.17, 15) is 4.79 Å². The normalized spacial score (nSPS) is 11.2. The molecule has 0 unspecified atom stereocenters. The number of amides is 1. The quantitative estimate of drug-likeness (QED) is 0.707. The summed E-state index contributed by atoms with van der Waals surface area (Å²) in [7, 11) is 0. The van der Waals surface area contributed by atoms with Gasteiger partial charge >= 0.3 is 0 Å². The second kappa shape index (κ2) is 5.63. The summed E-state index contributed by atoms with van der Waals surface area (Å²) in [4.78, 5) is 15.7. The van der Waals surface area contributed by atoms with Crippen LogP contribution in [-0.4, -0.2) is 29.1 Å². The highest BCUT2D eigenvalue weighted by Gasteiger charge is 2.18. The Morgan fingerprint density at radius 1 is 1.53 bits per heavy atom. The van der Waals surface area contributed by atoms with E-state index in [1.54, 1.807) is 12.1 Å². The molecule has 5 nitrogen and oxygen atoms in total. The number of nitrogens with two attached hydrogens (primary N) is 1. The van der Waals surface area contributed by atoms with Gasteiger partial charge in [0, 0.05) is 13.2 Å². The largest absolute Gasteiger partial charge is 0.397 e. The van der Waals surface area contributed by atoms with E-state index in [-0.39, 0.29) is 17.9 Å². The highest BCUT2D eigenvalue weighted by Crippen LogP contribution is 2.18. The lowest BCUT2D eigenvalue weighted by molar-refractivity contribution is 0.0923. The Labute approximate surface area is 101 Å². The number of nitrogens with zero attached hydrogens (tertiary/aromatic N) is 1. The molecule has 0 aliphatic carbocycles. The number of aliphatic hydroxyl groups excluding tert-OH is 1. The lowest BCUT2D eigenvalue weighted by atomic mass is 9.90. The number of nitrogens with one attached hydrogen (secondary N) is 1. The zero-order valence-corrected chi connectivity index (χ0v) is 10.2. The molecule has 1 rings (SSSR count). The maximum absolute atomic E-state index is 11.7. The minimum atomic E-state index is -0.226. The Balaban J connectivity index is 2.53. The van der Waals surface area contributed by atoms with Gasteiger partial charge in [-0.05, 0) is 24.0 Å². The molecule has 1 aromatic rings. The van der Waals surface area contributed by atoms with Gasteiger partial charge < -0.3 is 16.2 Å². The standard InChI is InChI=1S/C12H19N3O2/c1-12(2,5-6-16)8-15-11(17)10-4-3-9(13)7-14-10/h3-4,7,16H,5-6,8,13H2,1-2H3,(H,15,17). The lowest BCUT2D eigenvalue weighted by Crippen LogP contribution is -2.34. The van der Waals surface area contributed by atoms with Crippen LogP contribution in [0.15, 0.2) is 18.3 Å². The second-order valence-electron chi connectivity index (χ2n) is 4.80. The fourth-order valence-corrected chi connectivity index (χ4v) is 1.34. The van der Waals surface area contributed by atoms with Gasteiger partial charge in [0.2, 0.25) is 0 Å². The number of hydrogen-bond donors (Lipinski definition) is 3. The summed E-state index contributed by atoms with van der Waals surface area (Å²) in [6, 6.07) is 3.23. The van der Waals surface area contributed by atoms with Crippen molar-refractivity contribution >= 4 is 11.6 Å². The summed E-state index contributed by atoms with van der Waals surface area (Å²) in [5, 5.41) is 11.7. The molecule has 4 N–H and O–H groups in total. The molecule has 1 aromatic heterocycles. The third kappa shape index (κ3) is 4.40. The van der Waals surface area contributed by atoms with Crippen molar-refractivity contribution in [3.8, 4) is 0 Å². The van der Waals surface area contributed by atoms with Crippen LogP contribution in [0.5, 0.6) is 0 Å². The van der Waals surface area contributed by atoms with Crippen molar-refractivity contribution in [2.24, 2.45) is 5.41 Å². The number of aliphatic hydroxyl groups is 1. The smallest absolute Gasteiger partial charge is 0.269 e. The van der Waals surface area contributed by atoms with Crippen molar-refractivity contribution in [3.63, 3.8) is 0 Å². The lowest BCUT2D eigenvalue weighted by Gasteiger charge is -2.23. The second-order valence-corrected chi connectivity index (χ2v) is 4.80. The molecular formula is C12H19N3O2. The summed E-state index contributed by atoms with van der Waals surface area (Å²) >= 11 is 0. The van der Waals surface area contributed by atoms with Crippen LogP contribution >= 0.6 is 0 Å². The average Bonchev–Trinajstić information content (AvgIpc) is 2.27. The molecule has 0 bridgehead atoms. The van der Waals surface area contributed by atoms with Crippen LogP contribution in [0, 0.1) is 5.41 Å². The van der Waals surface area contributed by atoms with E-state index in [1.807, 2.05) is 13.8 Å². The van der Waals surface area contributed by atoms with E-state index in [0.717, 1.165) is 0 Å². The highest BCUT2D eigenvalue weighted by molar-refractivity contribution is 5.92. The molecule has 0 saturated carbocycles.